The van der Waals surface area contributed by atoms with Crippen molar-refractivity contribution in [2.45, 2.75) is 65.0 Å². The molecule has 130 valence electrons. The van der Waals surface area contributed by atoms with Crippen molar-refractivity contribution >= 4 is 17.8 Å². The fourth-order valence-electron chi connectivity index (χ4n) is 3.21. The summed E-state index contributed by atoms with van der Waals surface area (Å²) in [4.78, 5) is 38.3. The standard InChI is InChI=1S/C17H28N2O4/c1-11-9-19(10-12(11)16(22)23-17(2,3)4)15(21)13-7-5-6-8-14(20)18-13/h11-13H,5-10H2,1-4H3,(H,18,20)/t11-,12-,13-/m1/s1. The number of nitrogens with one attached hydrogen (secondary N) is 1. The smallest absolute Gasteiger partial charge is 0.311 e. The van der Waals surface area contributed by atoms with Crippen LogP contribution in [-0.4, -0.2) is 47.4 Å². The Labute approximate surface area is 137 Å². The summed E-state index contributed by atoms with van der Waals surface area (Å²) in [5.74, 6) is -0.602. The van der Waals surface area contributed by atoms with Crippen LogP contribution in [0.3, 0.4) is 0 Å². The number of nitrogens with zero attached hydrogens (tertiary/aromatic N) is 1. The summed E-state index contributed by atoms with van der Waals surface area (Å²) in [6.07, 6.45) is 2.86. The van der Waals surface area contributed by atoms with E-state index in [4.69, 9.17) is 4.74 Å². The Balaban J connectivity index is 1.98. The molecular formula is C17H28N2O4. The van der Waals surface area contributed by atoms with Crippen LogP contribution in [0.4, 0.5) is 0 Å². The highest BCUT2D eigenvalue weighted by Gasteiger charge is 2.41. The van der Waals surface area contributed by atoms with E-state index in [1.165, 1.54) is 0 Å². The molecule has 2 heterocycles. The van der Waals surface area contributed by atoms with Crippen molar-refractivity contribution in [1.29, 1.82) is 0 Å². The largest absolute Gasteiger partial charge is 0.460 e. The monoisotopic (exact) mass is 324 g/mol. The van der Waals surface area contributed by atoms with Gasteiger partial charge in [0.15, 0.2) is 0 Å². The number of ether oxygens (including phenoxy) is 1. The molecule has 3 atom stereocenters. The fourth-order valence-corrected chi connectivity index (χ4v) is 3.21. The molecule has 2 rings (SSSR count). The van der Waals surface area contributed by atoms with Crippen LogP contribution in [0.25, 0.3) is 0 Å². The zero-order valence-corrected chi connectivity index (χ0v) is 14.6. The second-order valence-corrected chi connectivity index (χ2v) is 7.73. The normalized spacial score (nSPS) is 29.0. The maximum absolute atomic E-state index is 12.7. The minimum atomic E-state index is -0.524. The number of hydrogen-bond acceptors (Lipinski definition) is 4. The van der Waals surface area contributed by atoms with Gasteiger partial charge in [0.25, 0.3) is 0 Å². The first-order valence-electron chi connectivity index (χ1n) is 8.48. The molecule has 0 aromatic heterocycles. The lowest BCUT2D eigenvalue weighted by molar-refractivity contribution is -0.160. The quantitative estimate of drug-likeness (QED) is 0.781. The Hall–Kier alpha value is -1.59. The van der Waals surface area contributed by atoms with Crippen molar-refractivity contribution < 1.29 is 19.1 Å². The molecule has 2 fully saturated rings. The van der Waals surface area contributed by atoms with Gasteiger partial charge in [0.1, 0.15) is 11.6 Å². The van der Waals surface area contributed by atoms with Gasteiger partial charge in [-0.2, -0.15) is 0 Å². The van der Waals surface area contributed by atoms with Crippen molar-refractivity contribution in [3.05, 3.63) is 0 Å². The molecule has 0 aromatic rings. The molecule has 1 N–H and O–H groups in total. The van der Waals surface area contributed by atoms with Crippen LogP contribution in [0.1, 0.15) is 53.4 Å². The first-order valence-corrected chi connectivity index (χ1v) is 8.48. The predicted octanol–water partition coefficient (Wildman–Crippen LogP) is 1.48. The van der Waals surface area contributed by atoms with Gasteiger partial charge >= 0.3 is 5.97 Å². The molecule has 0 spiro atoms. The molecule has 2 aliphatic heterocycles. The van der Waals surface area contributed by atoms with E-state index in [-0.39, 0.29) is 29.6 Å². The molecule has 23 heavy (non-hydrogen) atoms. The second-order valence-electron chi connectivity index (χ2n) is 7.73. The molecule has 0 saturated carbocycles. The number of likely N-dealkylation sites (tertiary alicyclic amines) is 1. The first-order chi connectivity index (χ1) is 10.7. The van der Waals surface area contributed by atoms with Crippen LogP contribution in [0, 0.1) is 11.8 Å². The third kappa shape index (κ3) is 4.69. The number of hydrogen-bond donors (Lipinski definition) is 1. The lowest BCUT2D eigenvalue weighted by Crippen LogP contribution is -2.47. The summed E-state index contributed by atoms with van der Waals surface area (Å²) in [5.41, 5.74) is -0.524. The zero-order valence-electron chi connectivity index (χ0n) is 14.6. The van der Waals surface area contributed by atoms with E-state index in [0.717, 1.165) is 12.8 Å². The third-order valence-corrected chi connectivity index (χ3v) is 4.41. The third-order valence-electron chi connectivity index (χ3n) is 4.41. The highest BCUT2D eigenvalue weighted by atomic mass is 16.6. The van der Waals surface area contributed by atoms with E-state index < -0.39 is 11.6 Å². The maximum atomic E-state index is 12.7. The van der Waals surface area contributed by atoms with Gasteiger partial charge in [0, 0.05) is 19.5 Å². The van der Waals surface area contributed by atoms with E-state index in [1.54, 1.807) is 4.90 Å². The highest BCUT2D eigenvalue weighted by molar-refractivity contribution is 5.88. The van der Waals surface area contributed by atoms with Crippen molar-refractivity contribution in [2.75, 3.05) is 13.1 Å². The molecule has 0 bridgehead atoms. The number of rotatable bonds is 2. The lowest BCUT2D eigenvalue weighted by Gasteiger charge is -2.24. The summed E-state index contributed by atoms with van der Waals surface area (Å²) in [6.45, 7) is 8.40. The lowest BCUT2D eigenvalue weighted by atomic mass is 9.98. The van der Waals surface area contributed by atoms with E-state index in [9.17, 15) is 14.4 Å². The van der Waals surface area contributed by atoms with Gasteiger partial charge in [0.2, 0.25) is 11.8 Å². The Kier molecular flexibility index (Phi) is 5.32. The maximum Gasteiger partial charge on any atom is 0.311 e. The minimum Gasteiger partial charge on any atom is -0.460 e. The zero-order chi connectivity index (χ0) is 17.2. The Morgan fingerprint density at radius 2 is 1.91 bits per heavy atom. The molecule has 0 unspecified atom stereocenters. The Bertz CT molecular complexity index is 483. The molecule has 2 saturated heterocycles. The van der Waals surface area contributed by atoms with Crippen LogP contribution >= 0.6 is 0 Å². The number of carbonyl (C=O) groups is 3. The summed E-state index contributed by atoms with van der Waals surface area (Å²) < 4.78 is 5.46. The van der Waals surface area contributed by atoms with Crippen LogP contribution < -0.4 is 5.32 Å². The highest BCUT2D eigenvalue weighted by Crippen LogP contribution is 2.27. The summed E-state index contributed by atoms with van der Waals surface area (Å²) in [7, 11) is 0. The van der Waals surface area contributed by atoms with Crippen molar-refractivity contribution in [3.8, 4) is 0 Å². The molecule has 0 radical (unpaired) electrons. The summed E-state index contributed by atoms with van der Waals surface area (Å²) >= 11 is 0. The average Bonchev–Trinajstić information content (AvgIpc) is 2.68. The van der Waals surface area contributed by atoms with Crippen LogP contribution in [0.5, 0.6) is 0 Å². The van der Waals surface area contributed by atoms with Gasteiger partial charge < -0.3 is 15.0 Å². The van der Waals surface area contributed by atoms with Gasteiger partial charge in [-0.25, -0.2) is 0 Å². The van der Waals surface area contributed by atoms with Gasteiger partial charge in [-0.05, 0) is 39.5 Å². The Morgan fingerprint density at radius 1 is 1.22 bits per heavy atom. The van der Waals surface area contributed by atoms with Crippen LogP contribution in [0.2, 0.25) is 0 Å². The van der Waals surface area contributed by atoms with E-state index in [2.05, 4.69) is 5.32 Å². The molecule has 2 aliphatic rings. The van der Waals surface area contributed by atoms with Gasteiger partial charge in [-0.3, -0.25) is 14.4 Å². The molecule has 0 aromatic carbocycles. The Morgan fingerprint density at radius 3 is 2.57 bits per heavy atom. The van der Waals surface area contributed by atoms with Crippen LogP contribution in [0.15, 0.2) is 0 Å². The topological polar surface area (TPSA) is 75.7 Å². The molecule has 6 nitrogen and oxygen atoms in total. The van der Waals surface area contributed by atoms with E-state index in [1.807, 2.05) is 27.7 Å². The average molecular weight is 324 g/mol. The molecule has 2 amide bonds. The predicted molar refractivity (Wildman–Crippen MR) is 85.5 cm³/mol. The van der Waals surface area contributed by atoms with Gasteiger partial charge in [0.05, 0.1) is 5.92 Å². The summed E-state index contributed by atoms with van der Waals surface area (Å²) in [5, 5.41) is 2.81. The SMILES string of the molecule is C[C@@H]1CN(C(=O)[C@H]2CCCCC(=O)N2)C[C@H]1C(=O)OC(C)(C)C. The minimum absolute atomic E-state index is 0.0585. The van der Waals surface area contributed by atoms with Gasteiger partial charge in [-0.15, -0.1) is 0 Å². The first kappa shape index (κ1) is 17.8. The van der Waals surface area contributed by atoms with Crippen LogP contribution in [-0.2, 0) is 19.1 Å². The van der Waals surface area contributed by atoms with E-state index in [0.29, 0.717) is 25.9 Å². The summed E-state index contributed by atoms with van der Waals surface area (Å²) in [6, 6.07) is -0.449. The second kappa shape index (κ2) is 6.89. The fraction of sp³-hybridized carbons (Fsp3) is 0.824. The molecule has 0 aliphatic carbocycles. The van der Waals surface area contributed by atoms with Crippen molar-refractivity contribution in [2.24, 2.45) is 11.8 Å². The van der Waals surface area contributed by atoms with Crippen molar-refractivity contribution in [1.82, 2.24) is 10.2 Å². The molecule has 6 heteroatoms. The number of esters is 1. The number of carbonyl (C=O) groups excluding carboxylic acids is 3. The number of amides is 2. The molecular weight excluding hydrogens is 296 g/mol. The van der Waals surface area contributed by atoms with Crippen molar-refractivity contribution in [3.63, 3.8) is 0 Å². The van der Waals surface area contributed by atoms with E-state index >= 15 is 0 Å². The van der Waals surface area contributed by atoms with Gasteiger partial charge in [-0.1, -0.05) is 13.3 Å².